The van der Waals surface area contributed by atoms with Crippen molar-refractivity contribution in [2.45, 2.75) is 43.4 Å². The average Bonchev–Trinajstić information content (AvgIpc) is 2.47. The summed E-state index contributed by atoms with van der Waals surface area (Å²) in [5.41, 5.74) is -0.729. The molecule has 0 aliphatic heterocycles. The summed E-state index contributed by atoms with van der Waals surface area (Å²) in [6, 6.07) is 1.77. The maximum Gasteiger partial charge on any atom is 0.308 e. The lowest BCUT2D eigenvalue weighted by Gasteiger charge is -2.34. The predicted octanol–water partition coefficient (Wildman–Crippen LogP) is 2.05. The zero-order valence-corrected chi connectivity index (χ0v) is 12.4. The highest BCUT2D eigenvalue weighted by molar-refractivity contribution is 7.99. The van der Waals surface area contributed by atoms with Crippen LogP contribution in [0.4, 0.5) is 0 Å². The summed E-state index contributed by atoms with van der Waals surface area (Å²) in [6.45, 7) is 2.23. The Hall–Kier alpha value is -1.14. The molecule has 110 valence electrons. The van der Waals surface area contributed by atoms with Crippen molar-refractivity contribution < 1.29 is 14.6 Å². The summed E-state index contributed by atoms with van der Waals surface area (Å²) in [4.78, 5) is 19.9. The van der Waals surface area contributed by atoms with Crippen molar-refractivity contribution in [2.24, 2.45) is 5.92 Å². The Morgan fingerprint density at radius 3 is 2.70 bits per heavy atom. The number of hydrogen-bond donors (Lipinski definition) is 1. The fourth-order valence-electron chi connectivity index (χ4n) is 2.35. The van der Waals surface area contributed by atoms with Crippen LogP contribution in [0.15, 0.2) is 23.6 Å². The van der Waals surface area contributed by atoms with Gasteiger partial charge >= 0.3 is 5.97 Å². The minimum absolute atomic E-state index is 0.0619. The number of thioether (sulfide) groups is 1. The molecule has 2 rings (SSSR count). The van der Waals surface area contributed by atoms with E-state index >= 15 is 0 Å². The lowest BCUT2D eigenvalue weighted by atomic mass is 9.80. The third-order valence-electron chi connectivity index (χ3n) is 3.55. The summed E-state index contributed by atoms with van der Waals surface area (Å²) < 4.78 is 5.03. The first-order valence-corrected chi connectivity index (χ1v) is 7.90. The van der Waals surface area contributed by atoms with E-state index < -0.39 is 5.60 Å². The van der Waals surface area contributed by atoms with E-state index in [2.05, 4.69) is 9.97 Å². The van der Waals surface area contributed by atoms with Crippen LogP contribution in [0.3, 0.4) is 0 Å². The molecule has 20 heavy (non-hydrogen) atoms. The molecule has 6 heteroatoms. The van der Waals surface area contributed by atoms with Gasteiger partial charge in [0.25, 0.3) is 0 Å². The second-order valence-corrected chi connectivity index (χ2v) is 6.01. The van der Waals surface area contributed by atoms with E-state index in [0.29, 0.717) is 43.2 Å². The molecule has 1 fully saturated rings. The fraction of sp³-hybridized carbons (Fsp3) is 0.643. The monoisotopic (exact) mass is 296 g/mol. The van der Waals surface area contributed by atoms with Crippen molar-refractivity contribution in [3.63, 3.8) is 0 Å². The highest BCUT2D eigenvalue weighted by Gasteiger charge is 2.36. The zero-order chi connectivity index (χ0) is 14.4. The first kappa shape index (κ1) is 15.3. The molecule has 1 aromatic heterocycles. The average molecular weight is 296 g/mol. The summed E-state index contributed by atoms with van der Waals surface area (Å²) in [6.07, 6.45) is 6.00. The van der Waals surface area contributed by atoms with Crippen molar-refractivity contribution >= 4 is 17.7 Å². The van der Waals surface area contributed by atoms with Gasteiger partial charge in [-0.1, -0.05) is 11.8 Å². The maximum absolute atomic E-state index is 11.7. The second-order valence-electron chi connectivity index (χ2n) is 5.07. The van der Waals surface area contributed by atoms with Gasteiger partial charge in [-0.2, -0.15) is 0 Å². The highest BCUT2D eigenvalue weighted by atomic mass is 32.2. The summed E-state index contributed by atoms with van der Waals surface area (Å²) in [5.74, 6) is 0.369. The Morgan fingerprint density at radius 2 is 2.10 bits per heavy atom. The minimum atomic E-state index is -0.729. The summed E-state index contributed by atoms with van der Waals surface area (Å²) >= 11 is 1.46. The van der Waals surface area contributed by atoms with E-state index in [1.54, 1.807) is 18.5 Å². The van der Waals surface area contributed by atoms with Gasteiger partial charge in [-0.15, -0.1) is 0 Å². The van der Waals surface area contributed by atoms with E-state index in [4.69, 9.17) is 4.74 Å². The van der Waals surface area contributed by atoms with Gasteiger partial charge in [-0.05, 0) is 38.7 Å². The van der Waals surface area contributed by atoms with Gasteiger partial charge in [0.2, 0.25) is 0 Å². The number of hydrogen-bond acceptors (Lipinski definition) is 6. The highest BCUT2D eigenvalue weighted by Crippen LogP contribution is 2.35. The van der Waals surface area contributed by atoms with Crippen LogP contribution < -0.4 is 0 Å². The number of nitrogens with zero attached hydrogens (tertiary/aromatic N) is 2. The third-order valence-corrected chi connectivity index (χ3v) is 4.70. The number of ether oxygens (including phenoxy) is 1. The summed E-state index contributed by atoms with van der Waals surface area (Å²) in [7, 11) is 0. The van der Waals surface area contributed by atoms with Crippen LogP contribution in [-0.2, 0) is 9.53 Å². The number of aromatic nitrogens is 2. The quantitative estimate of drug-likeness (QED) is 0.509. The van der Waals surface area contributed by atoms with Crippen molar-refractivity contribution in [2.75, 3.05) is 12.4 Å². The van der Waals surface area contributed by atoms with Crippen LogP contribution in [0, 0.1) is 5.92 Å². The molecule has 5 nitrogen and oxygen atoms in total. The van der Waals surface area contributed by atoms with Gasteiger partial charge < -0.3 is 9.84 Å². The van der Waals surface area contributed by atoms with Gasteiger partial charge in [0, 0.05) is 18.1 Å². The third kappa shape index (κ3) is 4.18. The minimum Gasteiger partial charge on any atom is -0.466 e. The number of carbonyl (C=O) groups is 1. The molecule has 1 heterocycles. The van der Waals surface area contributed by atoms with Gasteiger partial charge in [-0.3, -0.25) is 4.79 Å². The lowest BCUT2D eigenvalue weighted by Crippen LogP contribution is -2.38. The molecule has 0 bridgehead atoms. The SMILES string of the molecule is CCOC(=O)C1CCC(O)(CSc2ncccn2)CC1. The predicted molar refractivity (Wildman–Crippen MR) is 76.3 cm³/mol. The van der Waals surface area contributed by atoms with Crippen LogP contribution >= 0.6 is 11.8 Å². The first-order chi connectivity index (χ1) is 9.63. The second kappa shape index (κ2) is 7.04. The Bertz CT molecular complexity index is 433. The molecule has 1 aliphatic rings. The van der Waals surface area contributed by atoms with Gasteiger partial charge in [0.1, 0.15) is 0 Å². The molecule has 1 aromatic rings. The van der Waals surface area contributed by atoms with E-state index in [1.165, 1.54) is 11.8 Å². The maximum atomic E-state index is 11.7. The molecule has 1 saturated carbocycles. The Morgan fingerprint density at radius 1 is 1.45 bits per heavy atom. The molecule has 0 saturated heterocycles. The molecule has 0 amide bonds. The molecule has 0 atom stereocenters. The Labute approximate surface area is 123 Å². The molecule has 0 spiro atoms. The molecular weight excluding hydrogens is 276 g/mol. The van der Waals surface area contributed by atoms with Crippen LogP contribution in [0.5, 0.6) is 0 Å². The van der Waals surface area contributed by atoms with E-state index in [9.17, 15) is 9.90 Å². The normalized spacial score (nSPS) is 26.2. The Kier molecular flexibility index (Phi) is 5.37. The molecule has 0 aromatic carbocycles. The fourth-order valence-corrected chi connectivity index (χ4v) is 3.31. The molecular formula is C14H20N2O3S. The number of rotatable bonds is 5. The van der Waals surface area contributed by atoms with Gasteiger partial charge in [0.15, 0.2) is 5.16 Å². The van der Waals surface area contributed by atoms with E-state index in [1.807, 2.05) is 6.92 Å². The van der Waals surface area contributed by atoms with Gasteiger partial charge in [-0.25, -0.2) is 9.97 Å². The van der Waals surface area contributed by atoms with Crippen molar-refractivity contribution in [1.82, 2.24) is 9.97 Å². The van der Waals surface area contributed by atoms with Crippen molar-refractivity contribution in [1.29, 1.82) is 0 Å². The number of aliphatic hydroxyl groups is 1. The van der Waals surface area contributed by atoms with Crippen LogP contribution in [0.2, 0.25) is 0 Å². The van der Waals surface area contributed by atoms with Crippen LogP contribution in [0.1, 0.15) is 32.6 Å². The zero-order valence-electron chi connectivity index (χ0n) is 11.6. The smallest absolute Gasteiger partial charge is 0.308 e. The topological polar surface area (TPSA) is 72.3 Å². The first-order valence-electron chi connectivity index (χ1n) is 6.92. The van der Waals surface area contributed by atoms with Crippen LogP contribution in [-0.4, -0.2) is 39.0 Å². The standard InChI is InChI=1S/C14H20N2O3S/c1-2-19-12(17)11-4-6-14(18,7-5-11)10-20-13-15-8-3-9-16-13/h3,8-9,11,18H,2,4-7,10H2,1H3. The number of esters is 1. The lowest BCUT2D eigenvalue weighted by molar-refractivity contribution is -0.150. The Balaban J connectivity index is 1.81. The van der Waals surface area contributed by atoms with Crippen molar-refractivity contribution in [3.05, 3.63) is 18.5 Å². The molecule has 1 N–H and O–H groups in total. The van der Waals surface area contributed by atoms with Crippen molar-refractivity contribution in [3.8, 4) is 0 Å². The summed E-state index contributed by atoms with van der Waals surface area (Å²) in [5, 5.41) is 11.2. The van der Waals surface area contributed by atoms with Gasteiger partial charge in [0.05, 0.1) is 18.1 Å². The molecule has 1 aliphatic carbocycles. The largest absolute Gasteiger partial charge is 0.466 e. The molecule has 0 unspecified atom stereocenters. The number of carbonyl (C=O) groups excluding carboxylic acids is 1. The molecule has 0 radical (unpaired) electrons. The van der Waals surface area contributed by atoms with Crippen LogP contribution in [0.25, 0.3) is 0 Å². The van der Waals surface area contributed by atoms with E-state index in [0.717, 1.165) is 0 Å². The van der Waals surface area contributed by atoms with E-state index in [-0.39, 0.29) is 11.9 Å².